The molecule has 3 heterocycles. The zero-order valence-corrected chi connectivity index (χ0v) is 17.8. The van der Waals surface area contributed by atoms with E-state index in [2.05, 4.69) is 17.6 Å². The number of nitrogens with zero attached hydrogens (tertiary/aromatic N) is 3. The Morgan fingerprint density at radius 3 is 2.84 bits per heavy atom. The Labute approximate surface area is 183 Å². The molecule has 6 nitrogen and oxygen atoms in total. The molecule has 2 fully saturated rings. The van der Waals surface area contributed by atoms with Gasteiger partial charge in [0.2, 0.25) is 5.91 Å². The molecule has 0 N–H and O–H groups in total. The van der Waals surface area contributed by atoms with E-state index in [0.717, 1.165) is 29.5 Å². The van der Waals surface area contributed by atoms with Crippen LogP contribution in [0.4, 0.5) is 0 Å². The van der Waals surface area contributed by atoms with Gasteiger partial charge in [0.05, 0.1) is 5.92 Å². The molecule has 2 amide bonds. The monoisotopic (exact) mass is 419 g/mol. The molecule has 4 rings (SSSR count). The van der Waals surface area contributed by atoms with Crippen LogP contribution in [0, 0.1) is 5.92 Å². The maximum Gasteiger partial charge on any atom is 0.251 e. The lowest BCUT2D eigenvalue weighted by atomic mass is 9.95. The van der Waals surface area contributed by atoms with Crippen LogP contribution in [0.1, 0.15) is 18.4 Å². The van der Waals surface area contributed by atoms with E-state index in [9.17, 15) is 9.59 Å². The second-order valence-electron chi connectivity index (χ2n) is 8.20. The summed E-state index contributed by atoms with van der Waals surface area (Å²) >= 11 is 0. The second kappa shape index (κ2) is 9.88. The van der Waals surface area contributed by atoms with E-state index >= 15 is 0 Å². The van der Waals surface area contributed by atoms with Crippen LogP contribution in [0.3, 0.4) is 0 Å². The number of rotatable bonds is 6. The standard InChI is InChI=1S/C25H29N3O3/c1-2-11-27-12-13-28(25(30)23-9-5-14-31-23)18-22(24(27)29)16-19-6-3-7-20(15-19)21-8-4-10-26-17-21/h2-4,6-8,10,15,17,22-23H,1,5,9,11-14,16,18H2/t22-,23-/m0/s1. The van der Waals surface area contributed by atoms with E-state index in [1.165, 1.54) is 0 Å². The van der Waals surface area contributed by atoms with Gasteiger partial charge in [0, 0.05) is 45.2 Å². The Hall–Kier alpha value is -2.99. The molecular weight excluding hydrogens is 390 g/mol. The van der Waals surface area contributed by atoms with Crippen molar-refractivity contribution < 1.29 is 14.3 Å². The molecule has 1 aromatic carbocycles. The normalized spacial score (nSPS) is 21.7. The zero-order chi connectivity index (χ0) is 21.6. The molecule has 2 atom stereocenters. The summed E-state index contributed by atoms with van der Waals surface area (Å²) in [6.07, 6.45) is 7.23. The molecule has 0 radical (unpaired) electrons. The van der Waals surface area contributed by atoms with Crippen LogP contribution in [-0.2, 0) is 20.7 Å². The highest BCUT2D eigenvalue weighted by molar-refractivity contribution is 5.84. The zero-order valence-electron chi connectivity index (χ0n) is 17.8. The lowest BCUT2D eigenvalue weighted by Gasteiger charge is -2.25. The quantitative estimate of drug-likeness (QED) is 0.676. The van der Waals surface area contributed by atoms with Crippen LogP contribution < -0.4 is 0 Å². The third kappa shape index (κ3) is 5.02. The van der Waals surface area contributed by atoms with Gasteiger partial charge >= 0.3 is 0 Å². The van der Waals surface area contributed by atoms with Crippen molar-refractivity contribution in [2.75, 3.05) is 32.8 Å². The average molecular weight is 420 g/mol. The number of pyridine rings is 1. The van der Waals surface area contributed by atoms with Crippen LogP contribution in [0.25, 0.3) is 11.1 Å². The summed E-state index contributed by atoms with van der Waals surface area (Å²) in [5.74, 6) is -0.203. The van der Waals surface area contributed by atoms with E-state index in [0.29, 0.717) is 39.2 Å². The first-order valence-electron chi connectivity index (χ1n) is 10.9. The molecule has 162 valence electrons. The number of benzene rings is 1. The first kappa shape index (κ1) is 21.2. The molecule has 0 aliphatic carbocycles. The molecule has 0 bridgehead atoms. The van der Waals surface area contributed by atoms with Crippen LogP contribution in [0.15, 0.2) is 61.4 Å². The minimum Gasteiger partial charge on any atom is -0.368 e. The number of carbonyl (C=O) groups is 2. The number of hydrogen-bond donors (Lipinski definition) is 0. The van der Waals surface area contributed by atoms with Crippen molar-refractivity contribution >= 4 is 11.8 Å². The predicted molar refractivity (Wildman–Crippen MR) is 119 cm³/mol. The number of amides is 2. The van der Waals surface area contributed by atoms with Crippen LogP contribution >= 0.6 is 0 Å². The van der Waals surface area contributed by atoms with Crippen LogP contribution in [0.5, 0.6) is 0 Å². The average Bonchev–Trinajstić information content (AvgIpc) is 3.30. The van der Waals surface area contributed by atoms with Gasteiger partial charge in [-0.05, 0) is 42.0 Å². The third-order valence-corrected chi connectivity index (χ3v) is 6.01. The van der Waals surface area contributed by atoms with E-state index in [1.807, 2.05) is 46.3 Å². The van der Waals surface area contributed by atoms with Crippen LogP contribution in [-0.4, -0.2) is 65.5 Å². The predicted octanol–water partition coefficient (Wildman–Crippen LogP) is 2.94. The van der Waals surface area contributed by atoms with Crippen molar-refractivity contribution in [2.45, 2.75) is 25.4 Å². The molecule has 1 aromatic heterocycles. The topological polar surface area (TPSA) is 62.7 Å². The fourth-order valence-corrected chi connectivity index (χ4v) is 4.41. The lowest BCUT2D eigenvalue weighted by molar-refractivity contribution is -0.141. The van der Waals surface area contributed by atoms with E-state index in [1.54, 1.807) is 12.3 Å². The van der Waals surface area contributed by atoms with Gasteiger partial charge in [-0.3, -0.25) is 14.6 Å². The number of ether oxygens (including phenoxy) is 1. The van der Waals surface area contributed by atoms with Gasteiger partial charge in [0.25, 0.3) is 5.91 Å². The highest BCUT2D eigenvalue weighted by Gasteiger charge is 2.35. The summed E-state index contributed by atoms with van der Waals surface area (Å²) in [6, 6.07) is 12.2. The van der Waals surface area contributed by atoms with Gasteiger partial charge in [0.15, 0.2) is 0 Å². The van der Waals surface area contributed by atoms with Crippen molar-refractivity contribution in [1.29, 1.82) is 0 Å². The summed E-state index contributed by atoms with van der Waals surface area (Å²) < 4.78 is 5.62. The number of aromatic nitrogens is 1. The molecule has 6 heteroatoms. The van der Waals surface area contributed by atoms with Gasteiger partial charge in [-0.15, -0.1) is 6.58 Å². The molecule has 0 unspecified atom stereocenters. The highest BCUT2D eigenvalue weighted by atomic mass is 16.5. The summed E-state index contributed by atoms with van der Waals surface area (Å²) in [4.78, 5) is 34.1. The maximum atomic E-state index is 13.3. The Morgan fingerprint density at radius 2 is 2.10 bits per heavy atom. The number of carbonyl (C=O) groups excluding carboxylic acids is 2. The molecule has 2 saturated heterocycles. The summed E-state index contributed by atoms with van der Waals surface area (Å²) in [5.41, 5.74) is 3.19. The minimum absolute atomic E-state index is 0.0138. The van der Waals surface area contributed by atoms with Crippen molar-refractivity contribution in [3.05, 3.63) is 67.0 Å². The molecule has 2 aromatic rings. The van der Waals surface area contributed by atoms with Crippen molar-refractivity contribution in [2.24, 2.45) is 5.92 Å². The number of hydrogen-bond acceptors (Lipinski definition) is 4. The lowest BCUT2D eigenvalue weighted by Crippen LogP contribution is -2.42. The Morgan fingerprint density at radius 1 is 1.23 bits per heavy atom. The Kier molecular flexibility index (Phi) is 6.77. The van der Waals surface area contributed by atoms with Gasteiger partial charge in [-0.2, -0.15) is 0 Å². The van der Waals surface area contributed by atoms with Gasteiger partial charge < -0.3 is 14.5 Å². The first-order valence-corrected chi connectivity index (χ1v) is 10.9. The molecule has 2 aliphatic heterocycles. The summed E-state index contributed by atoms with van der Waals surface area (Å²) in [5, 5.41) is 0. The fraction of sp³-hybridized carbons (Fsp3) is 0.400. The second-order valence-corrected chi connectivity index (χ2v) is 8.20. The minimum atomic E-state index is -0.365. The van der Waals surface area contributed by atoms with Gasteiger partial charge in [0.1, 0.15) is 6.10 Å². The molecule has 0 saturated carbocycles. The van der Waals surface area contributed by atoms with Crippen molar-refractivity contribution in [3.8, 4) is 11.1 Å². The van der Waals surface area contributed by atoms with Crippen molar-refractivity contribution in [3.63, 3.8) is 0 Å². The van der Waals surface area contributed by atoms with E-state index in [4.69, 9.17) is 4.74 Å². The Bertz CT molecular complexity index is 925. The molecular formula is C25H29N3O3. The summed E-state index contributed by atoms with van der Waals surface area (Å²) in [7, 11) is 0. The van der Waals surface area contributed by atoms with Crippen molar-refractivity contribution in [1.82, 2.24) is 14.8 Å². The third-order valence-electron chi connectivity index (χ3n) is 6.01. The summed E-state index contributed by atoms with van der Waals surface area (Å²) in [6.45, 7) is 6.39. The molecule has 31 heavy (non-hydrogen) atoms. The van der Waals surface area contributed by atoms with Crippen LogP contribution in [0.2, 0.25) is 0 Å². The van der Waals surface area contributed by atoms with E-state index in [-0.39, 0.29) is 23.8 Å². The first-order chi connectivity index (χ1) is 15.2. The molecule has 2 aliphatic rings. The maximum absolute atomic E-state index is 13.3. The fourth-order valence-electron chi connectivity index (χ4n) is 4.41. The Balaban J connectivity index is 1.55. The highest BCUT2D eigenvalue weighted by Crippen LogP contribution is 2.24. The SMILES string of the molecule is C=CCN1CCN(C(=O)[C@@H]2CCCO2)C[C@H](Cc2cccc(-c3cccnc3)c2)C1=O. The molecule has 0 spiro atoms. The largest absolute Gasteiger partial charge is 0.368 e. The van der Waals surface area contributed by atoms with E-state index < -0.39 is 0 Å². The smallest absolute Gasteiger partial charge is 0.251 e. The van der Waals surface area contributed by atoms with Gasteiger partial charge in [-0.25, -0.2) is 0 Å². The van der Waals surface area contributed by atoms with Gasteiger partial charge in [-0.1, -0.05) is 36.4 Å².